The molecule has 3 aliphatic heterocycles. The second kappa shape index (κ2) is 11.3. The average molecular weight is 545 g/mol. The number of pyridine rings is 1. The molecule has 4 rings (SSSR count). The molecular formula is C25H33BrN6O3. The minimum Gasteiger partial charge on any atom is -0.399 e. The van der Waals surface area contributed by atoms with Crippen LogP contribution in [0.3, 0.4) is 0 Å². The number of hydrogen-bond acceptors (Lipinski definition) is 7. The van der Waals surface area contributed by atoms with Crippen LogP contribution in [-0.4, -0.2) is 66.7 Å². The highest BCUT2D eigenvalue weighted by Gasteiger charge is 2.34. The van der Waals surface area contributed by atoms with E-state index in [4.69, 9.17) is 4.84 Å². The average Bonchev–Trinajstić information content (AvgIpc) is 3.29. The Labute approximate surface area is 214 Å². The van der Waals surface area contributed by atoms with Gasteiger partial charge in [0.2, 0.25) is 11.8 Å². The number of carbonyl (C=O) groups is 2. The summed E-state index contributed by atoms with van der Waals surface area (Å²) in [5.41, 5.74) is 4.38. The van der Waals surface area contributed by atoms with E-state index in [-0.39, 0.29) is 17.9 Å². The predicted molar refractivity (Wildman–Crippen MR) is 139 cm³/mol. The van der Waals surface area contributed by atoms with Gasteiger partial charge in [0.15, 0.2) is 0 Å². The van der Waals surface area contributed by atoms with Crippen LogP contribution in [0.5, 0.6) is 0 Å². The van der Waals surface area contributed by atoms with E-state index in [9.17, 15) is 9.59 Å². The molecule has 35 heavy (non-hydrogen) atoms. The number of likely N-dealkylation sites (tertiary alicyclic amines) is 1. The normalized spacial score (nSPS) is 23.3. The van der Waals surface area contributed by atoms with E-state index in [0.717, 1.165) is 77.9 Å². The van der Waals surface area contributed by atoms with E-state index in [1.807, 2.05) is 26.0 Å². The van der Waals surface area contributed by atoms with Gasteiger partial charge in [-0.1, -0.05) is 5.16 Å². The van der Waals surface area contributed by atoms with Gasteiger partial charge < -0.3 is 25.7 Å². The predicted octanol–water partition coefficient (Wildman–Crippen LogP) is 3.07. The molecule has 1 aromatic rings. The first-order valence-corrected chi connectivity index (χ1v) is 12.9. The van der Waals surface area contributed by atoms with E-state index in [2.05, 4.69) is 46.9 Å². The van der Waals surface area contributed by atoms with Crippen LogP contribution in [0.4, 0.5) is 5.82 Å². The minimum absolute atomic E-state index is 0.0509. The summed E-state index contributed by atoms with van der Waals surface area (Å²) in [4.78, 5) is 37.1. The summed E-state index contributed by atoms with van der Waals surface area (Å²) in [5, 5.41) is 13.3. The molecule has 3 aliphatic rings. The molecule has 2 atom stereocenters. The summed E-state index contributed by atoms with van der Waals surface area (Å²) in [6.45, 7) is 7.59. The zero-order valence-electron chi connectivity index (χ0n) is 20.5. The number of hydrogen-bond donors (Lipinski definition) is 3. The molecule has 2 amide bonds. The lowest BCUT2D eigenvalue weighted by atomic mass is 9.99. The first-order chi connectivity index (χ1) is 16.9. The largest absolute Gasteiger partial charge is 0.399 e. The zero-order chi connectivity index (χ0) is 24.9. The number of oxime groups is 1. The van der Waals surface area contributed by atoms with Gasteiger partial charge in [0.1, 0.15) is 12.9 Å². The van der Waals surface area contributed by atoms with Crippen LogP contribution < -0.4 is 16.0 Å². The third kappa shape index (κ3) is 5.92. The summed E-state index contributed by atoms with van der Waals surface area (Å²) in [7, 11) is 1.59. The number of unbranched alkanes of at least 4 members (excludes halogenated alkanes) is 1. The molecule has 1 saturated heterocycles. The zero-order valence-corrected chi connectivity index (χ0v) is 22.1. The van der Waals surface area contributed by atoms with Crippen molar-refractivity contribution in [2.75, 3.05) is 38.6 Å². The van der Waals surface area contributed by atoms with Gasteiger partial charge in [-0.05, 0) is 66.9 Å². The molecule has 2 unspecified atom stereocenters. The third-order valence-corrected chi connectivity index (χ3v) is 7.21. The Hall–Kier alpha value is -2.72. The number of amides is 2. The molecule has 1 fully saturated rings. The van der Waals surface area contributed by atoms with Crippen molar-refractivity contribution in [3.8, 4) is 0 Å². The van der Waals surface area contributed by atoms with Crippen molar-refractivity contribution in [1.29, 1.82) is 0 Å². The molecule has 0 aliphatic carbocycles. The lowest BCUT2D eigenvalue weighted by Crippen LogP contribution is -2.35. The maximum Gasteiger partial charge on any atom is 0.249 e. The number of anilines is 1. The van der Waals surface area contributed by atoms with E-state index < -0.39 is 5.92 Å². The summed E-state index contributed by atoms with van der Waals surface area (Å²) >= 11 is 3.43. The van der Waals surface area contributed by atoms with E-state index in [1.54, 1.807) is 13.3 Å². The maximum absolute atomic E-state index is 13.0. The van der Waals surface area contributed by atoms with Crippen LogP contribution in [0.25, 0.3) is 0 Å². The molecule has 188 valence electrons. The van der Waals surface area contributed by atoms with Crippen LogP contribution in [0, 0.1) is 0 Å². The molecule has 0 saturated carbocycles. The number of nitrogens with one attached hydrogen (secondary N) is 3. The van der Waals surface area contributed by atoms with Crippen molar-refractivity contribution >= 4 is 39.3 Å². The standard InChI is InChI=1S/C25H33BrN6O3/c1-15-21(13-20-19-12-17(26)14-28-23(19)30-24(20)33)29-16(2)22(15)25(34)27-8-4-5-9-32-10-6-18(7-11-32)31-35-3/h12-14,16,20,29H,4-11H2,1-3H3,(H,27,34)(H,28,30,33)/b21-13-. The quantitative estimate of drug-likeness (QED) is 0.343. The Kier molecular flexibility index (Phi) is 8.22. The topological polar surface area (TPSA) is 108 Å². The SMILES string of the molecule is CON=C1CCN(CCCCNC(=O)C2=C(C)/C(=C/C3C(=O)Nc4ncc(Br)cc43)NC2C)CC1. The summed E-state index contributed by atoms with van der Waals surface area (Å²) in [6.07, 6.45) is 7.44. The van der Waals surface area contributed by atoms with Crippen molar-refractivity contribution < 1.29 is 14.4 Å². The number of rotatable bonds is 8. The van der Waals surface area contributed by atoms with Crippen LogP contribution >= 0.6 is 15.9 Å². The third-order valence-electron chi connectivity index (χ3n) is 6.77. The Morgan fingerprint density at radius 1 is 1.37 bits per heavy atom. The highest BCUT2D eigenvalue weighted by atomic mass is 79.9. The van der Waals surface area contributed by atoms with Gasteiger partial charge in [-0.15, -0.1) is 0 Å². The molecule has 0 spiro atoms. The van der Waals surface area contributed by atoms with Gasteiger partial charge in [-0.3, -0.25) is 9.59 Å². The highest BCUT2D eigenvalue weighted by molar-refractivity contribution is 9.10. The van der Waals surface area contributed by atoms with Crippen LogP contribution in [0.2, 0.25) is 0 Å². The fourth-order valence-electron chi connectivity index (χ4n) is 4.90. The highest BCUT2D eigenvalue weighted by Crippen LogP contribution is 2.36. The Balaban J connectivity index is 1.29. The number of halogens is 1. The molecule has 0 aromatic carbocycles. The fraction of sp³-hybridized carbons (Fsp3) is 0.520. The second-order valence-corrected chi connectivity index (χ2v) is 10.1. The van der Waals surface area contributed by atoms with Crippen molar-refractivity contribution in [3.63, 3.8) is 0 Å². The van der Waals surface area contributed by atoms with Crippen LogP contribution in [0.1, 0.15) is 51.0 Å². The molecule has 10 heteroatoms. The molecule has 1 aromatic heterocycles. The Bertz CT molecular complexity index is 1070. The van der Waals surface area contributed by atoms with Gasteiger partial charge in [0.25, 0.3) is 0 Å². The monoisotopic (exact) mass is 544 g/mol. The molecule has 0 bridgehead atoms. The van der Waals surface area contributed by atoms with E-state index in [0.29, 0.717) is 12.4 Å². The number of carbonyl (C=O) groups excluding carboxylic acids is 2. The Morgan fingerprint density at radius 2 is 2.14 bits per heavy atom. The molecule has 0 radical (unpaired) electrons. The van der Waals surface area contributed by atoms with Crippen LogP contribution in [0.15, 0.2) is 44.8 Å². The van der Waals surface area contributed by atoms with Gasteiger partial charge in [-0.25, -0.2) is 4.98 Å². The number of allylic oxidation sites excluding steroid dienone is 1. The maximum atomic E-state index is 13.0. The lowest BCUT2D eigenvalue weighted by molar-refractivity contribution is -0.118. The first kappa shape index (κ1) is 25.4. The van der Waals surface area contributed by atoms with Crippen molar-refractivity contribution in [2.45, 2.75) is 51.5 Å². The van der Waals surface area contributed by atoms with Crippen molar-refractivity contribution in [2.24, 2.45) is 5.16 Å². The number of fused-ring (bicyclic) bond motifs is 1. The Morgan fingerprint density at radius 3 is 2.89 bits per heavy atom. The van der Waals surface area contributed by atoms with Gasteiger partial charge in [-0.2, -0.15) is 0 Å². The molecule has 4 heterocycles. The van der Waals surface area contributed by atoms with Crippen molar-refractivity contribution in [3.05, 3.63) is 45.2 Å². The molecular weight excluding hydrogens is 512 g/mol. The smallest absolute Gasteiger partial charge is 0.249 e. The van der Waals surface area contributed by atoms with E-state index in [1.165, 1.54) is 0 Å². The lowest BCUT2D eigenvalue weighted by Gasteiger charge is -2.27. The number of piperidine rings is 1. The molecule has 9 nitrogen and oxygen atoms in total. The first-order valence-electron chi connectivity index (χ1n) is 12.1. The van der Waals surface area contributed by atoms with Gasteiger partial charge in [0, 0.05) is 60.0 Å². The number of nitrogens with zero attached hydrogens (tertiary/aromatic N) is 3. The second-order valence-electron chi connectivity index (χ2n) is 9.19. The van der Waals surface area contributed by atoms with Gasteiger partial charge in [0.05, 0.1) is 17.7 Å². The fourth-order valence-corrected chi connectivity index (χ4v) is 5.25. The minimum atomic E-state index is -0.450. The van der Waals surface area contributed by atoms with Crippen LogP contribution in [-0.2, 0) is 14.4 Å². The summed E-state index contributed by atoms with van der Waals surface area (Å²) < 4.78 is 0.821. The number of aromatic nitrogens is 1. The van der Waals surface area contributed by atoms with E-state index >= 15 is 0 Å². The molecule has 3 N–H and O–H groups in total. The summed E-state index contributed by atoms with van der Waals surface area (Å²) in [5.74, 6) is -0.0355. The van der Waals surface area contributed by atoms with Gasteiger partial charge >= 0.3 is 0 Å². The summed E-state index contributed by atoms with van der Waals surface area (Å²) in [6, 6.07) is 1.78. The van der Waals surface area contributed by atoms with Crippen molar-refractivity contribution in [1.82, 2.24) is 20.5 Å².